The number of aliphatic hydroxyl groups excluding tert-OH is 1. The molecule has 35 heavy (non-hydrogen) atoms. The summed E-state index contributed by atoms with van der Waals surface area (Å²) < 4.78 is 2.37. The van der Waals surface area contributed by atoms with Gasteiger partial charge in [-0.3, -0.25) is 4.79 Å². The molecular weight excluding hydrogens is 440 g/mol. The van der Waals surface area contributed by atoms with Gasteiger partial charge in [-0.15, -0.1) is 0 Å². The summed E-state index contributed by atoms with van der Waals surface area (Å²) in [6.07, 6.45) is 19.0. The van der Waals surface area contributed by atoms with Crippen LogP contribution in [-0.2, 0) is 11.3 Å². The third kappa shape index (κ3) is 4.21. The van der Waals surface area contributed by atoms with E-state index >= 15 is 0 Å². The number of imidazole rings is 1. The van der Waals surface area contributed by atoms with E-state index in [4.69, 9.17) is 4.98 Å². The Balaban J connectivity index is 1.38. The summed E-state index contributed by atoms with van der Waals surface area (Å²) in [5.74, 6) is 1.75. The lowest BCUT2D eigenvalue weighted by Crippen LogP contribution is -2.47. The molecule has 0 bridgehead atoms. The van der Waals surface area contributed by atoms with Crippen molar-refractivity contribution in [1.82, 2.24) is 19.8 Å². The molecule has 1 aromatic heterocycles. The normalized spacial score (nSPS) is 36.3. The summed E-state index contributed by atoms with van der Waals surface area (Å²) in [4.78, 5) is 20.4. The Hall–Kier alpha value is -2.22. The van der Waals surface area contributed by atoms with Crippen LogP contribution in [0.1, 0.15) is 87.5 Å². The van der Waals surface area contributed by atoms with Crippen molar-refractivity contribution in [3.8, 4) is 0 Å². The molecule has 2 aliphatic heterocycles. The fourth-order valence-electron chi connectivity index (χ4n) is 7.19. The fourth-order valence-corrected chi connectivity index (χ4v) is 7.19. The second-order valence-corrected chi connectivity index (χ2v) is 11.3. The Morgan fingerprint density at radius 1 is 1.11 bits per heavy atom. The highest BCUT2D eigenvalue weighted by Gasteiger charge is 2.40. The van der Waals surface area contributed by atoms with Crippen LogP contribution in [0, 0.1) is 11.8 Å². The minimum absolute atomic E-state index is 0.0854. The first-order valence-electron chi connectivity index (χ1n) is 13.6. The third-order valence-corrected chi connectivity index (χ3v) is 9.06. The fraction of sp³-hybridized carbons (Fsp3) is 0.643. The number of nitrogens with zero attached hydrogens (tertiary/aromatic N) is 3. The number of allylic oxidation sites excluding steroid dienone is 2. The molecule has 0 aromatic carbocycles. The molecule has 1 aromatic rings. The van der Waals surface area contributed by atoms with E-state index in [1.54, 1.807) is 0 Å². The Labute approximate surface area is 207 Å². The van der Waals surface area contributed by atoms with Crippen molar-refractivity contribution in [1.29, 1.82) is 0 Å². The summed E-state index contributed by atoms with van der Waals surface area (Å²) in [5.41, 5.74) is 2.31. The zero-order valence-electron chi connectivity index (χ0n) is 20.6. The molecule has 3 heterocycles. The number of hydrogen-bond acceptors (Lipinski definition) is 5. The summed E-state index contributed by atoms with van der Waals surface area (Å²) in [6.45, 7) is 2.75. The first kappa shape index (κ1) is 23.2. The number of piperidine rings is 2. The lowest BCUT2D eigenvalue weighted by atomic mass is 9.81. The van der Waals surface area contributed by atoms with Crippen LogP contribution in [-0.4, -0.2) is 55.0 Å². The summed E-state index contributed by atoms with van der Waals surface area (Å²) in [5, 5.41) is 23.6. The van der Waals surface area contributed by atoms with Gasteiger partial charge in [0.05, 0.1) is 24.0 Å². The lowest BCUT2D eigenvalue weighted by Gasteiger charge is -2.40. The number of likely N-dealkylation sites (tertiary alicyclic amines) is 1. The number of aromatic nitrogens is 2. The van der Waals surface area contributed by atoms with Crippen LogP contribution >= 0.6 is 0 Å². The van der Waals surface area contributed by atoms with Crippen LogP contribution in [0.5, 0.6) is 0 Å². The van der Waals surface area contributed by atoms with Crippen LogP contribution in [0.3, 0.4) is 0 Å². The maximum Gasteiger partial charge on any atom is 0.223 e. The zero-order chi connectivity index (χ0) is 24.1. The van der Waals surface area contributed by atoms with Crippen molar-refractivity contribution in [3.63, 3.8) is 0 Å². The summed E-state index contributed by atoms with van der Waals surface area (Å²) in [7, 11) is 0. The largest absolute Gasteiger partial charge is 0.368 e. The SMILES string of the molecule is C[C@H]1CCC2c3nc(CN4C(=O)CCC5C=CC=CC54)n([C@@H]4CCC[C@@H](C(O)O)C4)c3C=CC2N1. The Morgan fingerprint density at radius 2 is 1.97 bits per heavy atom. The first-order valence-corrected chi connectivity index (χ1v) is 13.6. The Morgan fingerprint density at radius 3 is 2.83 bits per heavy atom. The van der Waals surface area contributed by atoms with Gasteiger partial charge in [0, 0.05) is 42.3 Å². The van der Waals surface area contributed by atoms with Crippen LogP contribution in [0.25, 0.3) is 6.08 Å². The van der Waals surface area contributed by atoms with Crippen molar-refractivity contribution in [2.24, 2.45) is 11.8 Å². The quantitative estimate of drug-likeness (QED) is 0.577. The van der Waals surface area contributed by atoms with Gasteiger partial charge in [-0.05, 0) is 51.5 Å². The molecule has 7 heteroatoms. The van der Waals surface area contributed by atoms with E-state index in [-0.39, 0.29) is 23.9 Å². The van der Waals surface area contributed by atoms with Gasteiger partial charge in [0.2, 0.25) is 5.91 Å². The number of carbonyl (C=O) groups is 1. The predicted molar refractivity (Wildman–Crippen MR) is 134 cm³/mol. The molecule has 3 fully saturated rings. The lowest BCUT2D eigenvalue weighted by molar-refractivity contribution is -0.137. The smallest absolute Gasteiger partial charge is 0.223 e. The molecule has 7 atom stereocenters. The van der Waals surface area contributed by atoms with Gasteiger partial charge in [0.1, 0.15) is 5.82 Å². The molecule has 4 unspecified atom stereocenters. The molecule has 1 amide bonds. The monoisotopic (exact) mass is 478 g/mol. The van der Waals surface area contributed by atoms with E-state index in [2.05, 4.69) is 53.3 Å². The van der Waals surface area contributed by atoms with E-state index in [1.165, 1.54) is 0 Å². The number of aliphatic hydroxyl groups is 2. The molecule has 2 saturated heterocycles. The van der Waals surface area contributed by atoms with Crippen molar-refractivity contribution in [3.05, 3.63) is 47.6 Å². The Bertz CT molecular complexity index is 1060. The van der Waals surface area contributed by atoms with Gasteiger partial charge in [0.15, 0.2) is 6.29 Å². The van der Waals surface area contributed by atoms with Crippen LogP contribution in [0.4, 0.5) is 0 Å². The second-order valence-electron chi connectivity index (χ2n) is 11.3. The molecule has 6 rings (SSSR count). The van der Waals surface area contributed by atoms with E-state index < -0.39 is 6.29 Å². The van der Waals surface area contributed by atoms with Gasteiger partial charge < -0.3 is 25.0 Å². The number of fused-ring (bicyclic) bond motifs is 4. The average Bonchev–Trinajstić information content (AvgIpc) is 3.24. The average molecular weight is 479 g/mol. The molecule has 0 spiro atoms. The molecule has 188 valence electrons. The maximum absolute atomic E-state index is 13.1. The van der Waals surface area contributed by atoms with Crippen LogP contribution < -0.4 is 5.32 Å². The molecule has 5 aliphatic rings. The van der Waals surface area contributed by atoms with Gasteiger partial charge in [-0.1, -0.05) is 36.8 Å². The third-order valence-electron chi connectivity index (χ3n) is 9.06. The first-order chi connectivity index (χ1) is 17.0. The van der Waals surface area contributed by atoms with Gasteiger partial charge in [-0.25, -0.2) is 4.98 Å². The summed E-state index contributed by atoms with van der Waals surface area (Å²) >= 11 is 0. The number of nitrogens with one attached hydrogen (secondary N) is 1. The minimum Gasteiger partial charge on any atom is -0.368 e. The molecule has 7 nitrogen and oxygen atoms in total. The highest BCUT2D eigenvalue weighted by molar-refractivity contribution is 5.78. The molecular formula is C28H38N4O3. The highest BCUT2D eigenvalue weighted by atomic mass is 16.5. The van der Waals surface area contributed by atoms with Crippen molar-refractivity contribution in [2.75, 3.05) is 0 Å². The number of carbonyl (C=O) groups excluding carboxylic acids is 1. The van der Waals surface area contributed by atoms with Crippen molar-refractivity contribution in [2.45, 2.75) is 101 Å². The predicted octanol–water partition coefficient (Wildman–Crippen LogP) is 3.41. The highest BCUT2D eigenvalue weighted by Crippen LogP contribution is 2.42. The number of hydrogen-bond donors (Lipinski definition) is 3. The van der Waals surface area contributed by atoms with E-state index in [9.17, 15) is 15.0 Å². The zero-order valence-corrected chi connectivity index (χ0v) is 20.6. The second kappa shape index (κ2) is 9.34. The van der Waals surface area contributed by atoms with E-state index in [0.29, 0.717) is 36.9 Å². The van der Waals surface area contributed by atoms with Crippen molar-refractivity contribution < 1.29 is 15.0 Å². The molecule has 0 radical (unpaired) electrons. The molecule has 1 saturated carbocycles. The standard InChI is InChI=1S/C28H38N4O3/c1-17-9-11-21-22(29-17)12-13-24-27(21)30-25(32(24)20-7-4-6-19(15-20)28(34)35)16-31-23-8-3-2-5-18(23)10-14-26(31)33/h2-3,5,8,12-13,17-23,28-29,34-35H,4,6-7,9-11,14-16H2,1H3/t17-,18?,19+,20+,21?,22?,23?/m0/s1. The maximum atomic E-state index is 13.1. The van der Waals surface area contributed by atoms with Gasteiger partial charge in [0.25, 0.3) is 0 Å². The van der Waals surface area contributed by atoms with Gasteiger partial charge >= 0.3 is 0 Å². The van der Waals surface area contributed by atoms with E-state index in [0.717, 1.165) is 62.2 Å². The van der Waals surface area contributed by atoms with Crippen LogP contribution in [0.15, 0.2) is 30.4 Å². The minimum atomic E-state index is -1.28. The van der Waals surface area contributed by atoms with Gasteiger partial charge in [-0.2, -0.15) is 0 Å². The van der Waals surface area contributed by atoms with E-state index in [1.807, 2.05) is 4.90 Å². The topological polar surface area (TPSA) is 90.6 Å². The van der Waals surface area contributed by atoms with Crippen molar-refractivity contribution >= 4 is 12.0 Å². The van der Waals surface area contributed by atoms with Crippen LogP contribution in [0.2, 0.25) is 0 Å². The number of amides is 1. The molecule has 3 aliphatic carbocycles. The Kier molecular flexibility index (Phi) is 6.19. The summed E-state index contributed by atoms with van der Waals surface area (Å²) in [6, 6.07) is 1.05. The number of rotatable bonds is 4. The molecule has 3 N–H and O–H groups in total.